The van der Waals surface area contributed by atoms with Crippen molar-refractivity contribution in [1.82, 2.24) is 10.2 Å². The van der Waals surface area contributed by atoms with E-state index in [4.69, 9.17) is 9.47 Å². The molecule has 0 saturated carbocycles. The maximum Gasteiger partial charge on any atom is 0.410 e. The first-order chi connectivity index (χ1) is 12.7. The first-order valence-corrected chi connectivity index (χ1v) is 9.23. The first kappa shape index (κ1) is 22.8. The molecular formula is C20H32N2O5. The van der Waals surface area contributed by atoms with Gasteiger partial charge in [0.15, 0.2) is 0 Å². The van der Waals surface area contributed by atoms with Gasteiger partial charge in [0.05, 0.1) is 12.6 Å². The Morgan fingerprint density at radius 2 is 1.85 bits per heavy atom. The molecule has 27 heavy (non-hydrogen) atoms. The van der Waals surface area contributed by atoms with Crippen LogP contribution in [0.4, 0.5) is 9.59 Å². The van der Waals surface area contributed by atoms with E-state index in [2.05, 4.69) is 5.32 Å². The smallest absolute Gasteiger partial charge is 0.410 e. The molecule has 0 radical (unpaired) electrons. The molecule has 0 aliphatic rings. The van der Waals surface area contributed by atoms with Crippen molar-refractivity contribution in [2.24, 2.45) is 0 Å². The summed E-state index contributed by atoms with van der Waals surface area (Å²) >= 11 is 0. The maximum atomic E-state index is 11.9. The van der Waals surface area contributed by atoms with Gasteiger partial charge in [-0.3, -0.25) is 0 Å². The largest absolute Gasteiger partial charge is 0.445 e. The Labute approximate surface area is 161 Å². The molecule has 0 aliphatic carbocycles. The molecule has 7 heteroatoms. The Bertz CT molecular complexity index is 571. The fraction of sp³-hybridized carbons (Fsp3) is 0.600. The summed E-state index contributed by atoms with van der Waals surface area (Å²) in [6, 6.07) is 9.02. The molecule has 1 atom stereocenters. The number of unbranched alkanes of at least 4 members (excludes halogenated alkanes) is 1. The number of nitrogens with one attached hydrogen (secondary N) is 1. The molecule has 0 bridgehead atoms. The summed E-state index contributed by atoms with van der Waals surface area (Å²) in [5.41, 5.74) is 0.385. The van der Waals surface area contributed by atoms with Gasteiger partial charge in [0.25, 0.3) is 0 Å². The van der Waals surface area contributed by atoms with Crippen molar-refractivity contribution in [3.05, 3.63) is 35.9 Å². The summed E-state index contributed by atoms with van der Waals surface area (Å²) in [5, 5.41) is 12.1. The van der Waals surface area contributed by atoms with Crippen LogP contribution in [0.1, 0.15) is 45.6 Å². The van der Waals surface area contributed by atoms with Crippen LogP contribution in [0, 0.1) is 0 Å². The molecular weight excluding hydrogens is 348 g/mol. The average molecular weight is 380 g/mol. The number of amides is 2. The number of hydrogen-bond acceptors (Lipinski definition) is 5. The lowest BCUT2D eigenvalue weighted by atomic mass is 10.1. The molecule has 0 aliphatic heterocycles. The Morgan fingerprint density at radius 1 is 1.19 bits per heavy atom. The number of ether oxygens (including phenoxy) is 2. The lowest BCUT2D eigenvalue weighted by Crippen LogP contribution is -2.38. The van der Waals surface area contributed by atoms with E-state index in [9.17, 15) is 14.7 Å². The van der Waals surface area contributed by atoms with Crippen molar-refractivity contribution in [2.75, 3.05) is 20.2 Å². The second-order valence-corrected chi connectivity index (χ2v) is 7.48. The van der Waals surface area contributed by atoms with Gasteiger partial charge in [-0.1, -0.05) is 30.3 Å². The molecule has 0 unspecified atom stereocenters. The van der Waals surface area contributed by atoms with Gasteiger partial charge < -0.3 is 24.8 Å². The molecule has 0 saturated heterocycles. The summed E-state index contributed by atoms with van der Waals surface area (Å²) in [5.74, 6) is 0. The third kappa shape index (κ3) is 10.5. The van der Waals surface area contributed by atoms with Crippen LogP contribution in [0.15, 0.2) is 30.3 Å². The molecule has 2 amide bonds. The summed E-state index contributed by atoms with van der Waals surface area (Å²) in [4.78, 5) is 25.2. The van der Waals surface area contributed by atoms with Crippen LogP contribution in [0.3, 0.4) is 0 Å². The molecule has 7 nitrogen and oxygen atoms in total. The monoisotopic (exact) mass is 380 g/mol. The predicted octanol–water partition coefficient (Wildman–Crippen LogP) is 3.31. The molecule has 2 N–H and O–H groups in total. The van der Waals surface area contributed by atoms with Gasteiger partial charge in [-0.15, -0.1) is 0 Å². The molecule has 0 spiro atoms. The number of hydrogen-bond donors (Lipinski definition) is 2. The highest BCUT2D eigenvalue weighted by Crippen LogP contribution is 2.10. The molecule has 1 aromatic rings. The number of benzene rings is 1. The number of carbonyl (C=O) groups is 2. The maximum absolute atomic E-state index is 11.9. The van der Waals surface area contributed by atoms with E-state index in [1.54, 1.807) is 7.05 Å². The summed E-state index contributed by atoms with van der Waals surface area (Å²) < 4.78 is 10.4. The van der Waals surface area contributed by atoms with Gasteiger partial charge in [0, 0.05) is 13.6 Å². The highest BCUT2D eigenvalue weighted by atomic mass is 16.6. The second-order valence-electron chi connectivity index (χ2n) is 7.48. The predicted molar refractivity (Wildman–Crippen MR) is 103 cm³/mol. The van der Waals surface area contributed by atoms with E-state index in [1.165, 1.54) is 4.90 Å². The molecule has 1 rings (SSSR count). The van der Waals surface area contributed by atoms with Crippen LogP contribution in [0.2, 0.25) is 0 Å². The van der Waals surface area contributed by atoms with Gasteiger partial charge >= 0.3 is 12.2 Å². The minimum absolute atomic E-state index is 0.164. The number of rotatable bonds is 9. The van der Waals surface area contributed by atoms with E-state index in [0.717, 1.165) is 18.4 Å². The molecule has 0 fully saturated rings. The van der Waals surface area contributed by atoms with E-state index in [1.807, 2.05) is 51.1 Å². The topological polar surface area (TPSA) is 88.1 Å². The third-order valence-corrected chi connectivity index (χ3v) is 3.76. The second kappa shape index (κ2) is 11.4. The van der Waals surface area contributed by atoms with Crippen molar-refractivity contribution < 1.29 is 24.2 Å². The van der Waals surface area contributed by atoms with Gasteiger partial charge in [0.2, 0.25) is 0 Å². The van der Waals surface area contributed by atoms with E-state index < -0.39 is 11.7 Å². The van der Waals surface area contributed by atoms with E-state index >= 15 is 0 Å². The van der Waals surface area contributed by atoms with Crippen molar-refractivity contribution in [3.63, 3.8) is 0 Å². The minimum Gasteiger partial charge on any atom is -0.445 e. The first-order valence-electron chi connectivity index (χ1n) is 9.23. The zero-order valence-electron chi connectivity index (χ0n) is 16.7. The number of aliphatic hydroxyl groups is 1. The van der Waals surface area contributed by atoms with Crippen molar-refractivity contribution in [3.8, 4) is 0 Å². The minimum atomic E-state index is -0.552. The summed E-state index contributed by atoms with van der Waals surface area (Å²) in [7, 11) is 1.69. The zero-order chi connectivity index (χ0) is 20.3. The van der Waals surface area contributed by atoms with Gasteiger partial charge in [-0.25, -0.2) is 9.59 Å². The standard InChI is InChI=1S/C20H32N2O5/c1-20(2,3)27-19(25)22(4)13-9-8-12-17(14-23)21-18(24)26-15-16-10-6-5-7-11-16/h5-7,10-11,17,23H,8-9,12-15H2,1-4H3,(H,21,24)/t17-/m0/s1. The van der Waals surface area contributed by atoms with Gasteiger partial charge in [-0.05, 0) is 45.6 Å². The summed E-state index contributed by atoms with van der Waals surface area (Å²) in [6.45, 7) is 6.05. The van der Waals surface area contributed by atoms with Crippen molar-refractivity contribution >= 4 is 12.2 Å². The van der Waals surface area contributed by atoms with Crippen LogP contribution >= 0.6 is 0 Å². The van der Waals surface area contributed by atoms with Gasteiger partial charge in [0.1, 0.15) is 12.2 Å². The van der Waals surface area contributed by atoms with Crippen molar-refractivity contribution in [2.45, 2.75) is 58.3 Å². The van der Waals surface area contributed by atoms with E-state index in [-0.39, 0.29) is 25.3 Å². The van der Waals surface area contributed by atoms with Gasteiger partial charge in [-0.2, -0.15) is 0 Å². The fourth-order valence-corrected chi connectivity index (χ4v) is 2.31. The van der Waals surface area contributed by atoms with Crippen LogP contribution in [0.5, 0.6) is 0 Å². The highest BCUT2D eigenvalue weighted by molar-refractivity contribution is 5.68. The normalized spacial score (nSPS) is 12.2. The fourth-order valence-electron chi connectivity index (χ4n) is 2.31. The molecule has 152 valence electrons. The Hall–Kier alpha value is -2.28. The third-order valence-electron chi connectivity index (χ3n) is 3.76. The van der Waals surface area contributed by atoms with Crippen LogP contribution < -0.4 is 5.32 Å². The Morgan fingerprint density at radius 3 is 2.44 bits per heavy atom. The Balaban J connectivity index is 2.23. The average Bonchev–Trinajstić information content (AvgIpc) is 2.61. The number of nitrogens with zero attached hydrogens (tertiary/aromatic N) is 1. The van der Waals surface area contributed by atoms with Crippen molar-refractivity contribution in [1.29, 1.82) is 0 Å². The number of alkyl carbamates (subject to hydrolysis) is 1. The molecule has 1 aromatic carbocycles. The van der Waals surface area contributed by atoms with E-state index in [0.29, 0.717) is 13.0 Å². The van der Waals surface area contributed by atoms with Crippen LogP contribution in [-0.2, 0) is 16.1 Å². The highest BCUT2D eigenvalue weighted by Gasteiger charge is 2.19. The molecule has 0 aromatic heterocycles. The lowest BCUT2D eigenvalue weighted by Gasteiger charge is -2.24. The zero-order valence-corrected chi connectivity index (χ0v) is 16.7. The quantitative estimate of drug-likeness (QED) is 0.642. The Kier molecular flexibility index (Phi) is 9.64. The lowest BCUT2D eigenvalue weighted by molar-refractivity contribution is 0.0295. The summed E-state index contributed by atoms with van der Waals surface area (Å²) in [6.07, 6.45) is 1.18. The van der Waals surface area contributed by atoms with Crippen LogP contribution in [0.25, 0.3) is 0 Å². The number of carbonyl (C=O) groups excluding carboxylic acids is 2. The SMILES string of the molecule is CN(CCCC[C@@H](CO)NC(=O)OCc1ccccc1)C(=O)OC(C)(C)C. The molecule has 0 heterocycles. The number of aliphatic hydroxyl groups excluding tert-OH is 1. The van der Waals surface area contributed by atoms with Crippen LogP contribution in [-0.4, -0.2) is 54.0 Å².